The predicted molar refractivity (Wildman–Crippen MR) is 113 cm³/mol. The SMILES string of the molecule is Cc1nn(C)c(C)c1-c1cc(C(=O)NC2CCN(Cc3ccc(C(F)(F)F)cc3)C2)[nH]n1. The van der Waals surface area contributed by atoms with Crippen LogP contribution in [-0.2, 0) is 19.8 Å². The van der Waals surface area contributed by atoms with Gasteiger partial charge in [0.1, 0.15) is 5.69 Å². The Morgan fingerprint density at radius 1 is 1.25 bits per heavy atom. The zero-order chi connectivity index (χ0) is 23.0. The fourth-order valence-electron chi connectivity index (χ4n) is 4.12. The van der Waals surface area contributed by atoms with Gasteiger partial charge in [0.05, 0.1) is 17.0 Å². The summed E-state index contributed by atoms with van der Waals surface area (Å²) in [6.07, 6.45) is -3.56. The number of aromatic nitrogens is 4. The van der Waals surface area contributed by atoms with Crippen LogP contribution >= 0.6 is 0 Å². The maximum absolute atomic E-state index is 12.7. The highest BCUT2D eigenvalue weighted by Crippen LogP contribution is 2.29. The summed E-state index contributed by atoms with van der Waals surface area (Å²) in [7, 11) is 1.86. The highest BCUT2D eigenvalue weighted by atomic mass is 19.4. The Labute approximate surface area is 183 Å². The topological polar surface area (TPSA) is 78.8 Å². The lowest BCUT2D eigenvalue weighted by molar-refractivity contribution is -0.137. The highest BCUT2D eigenvalue weighted by molar-refractivity contribution is 5.93. The fraction of sp³-hybridized carbons (Fsp3) is 0.409. The summed E-state index contributed by atoms with van der Waals surface area (Å²) in [5.41, 5.74) is 3.94. The van der Waals surface area contributed by atoms with Gasteiger partial charge in [-0.3, -0.25) is 19.5 Å². The number of amides is 1. The van der Waals surface area contributed by atoms with Crippen LogP contribution in [0.4, 0.5) is 13.2 Å². The Hall–Kier alpha value is -3.14. The molecule has 1 fully saturated rings. The number of hydrogen-bond donors (Lipinski definition) is 2. The number of H-pyrrole nitrogens is 1. The van der Waals surface area contributed by atoms with Crippen molar-refractivity contribution < 1.29 is 18.0 Å². The quantitative estimate of drug-likeness (QED) is 0.629. The van der Waals surface area contributed by atoms with Gasteiger partial charge in [-0.25, -0.2) is 0 Å². The van der Waals surface area contributed by atoms with Crippen molar-refractivity contribution in [1.29, 1.82) is 0 Å². The van der Waals surface area contributed by atoms with E-state index in [0.717, 1.165) is 47.6 Å². The number of halogens is 3. The van der Waals surface area contributed by atoms with Gasteiger partial charge in [0.25, 0.3) is 5.91 Å². The molecule has 0 aliphatic carbocycles. The molecule has 32 heavy (non-hydrogen) atoms. The maximum Gasteiger partial charge on any atom is 0.416 e. The first-order valence-electron chi connectivity index (χ1n) is 10.4. The minimum atomic E-state index is -4.33. The third kappa shape index (κ3) is 4.55. The van der Waals surface area contributed by atoms with Crippen LogP contribution in [0, 0.1) is 13.8 Å². The van der Waals surface area contributed by atoms with Crippen LogP contribution in [-0.4, -0.2) is 49.9 Å². The maximum atomic E-state index is 12.7. The minimum absolute atomic E-state index is 0.0365. The first kappa shape index (κ1) is 22.1. The van der Waals surface area contributed by atoms with Crippen molar-refractivity contribution in [3.05, 3.63) is 58.5 Å². The van der Waals surface area contributed by atoms with Crippen molar-refractivity contribution in [2.24, 2.45) is 7.05 Å². The third-order valence-electron chi connectivity index (χ3n) is 5.88. The van der Waals surface area contributed by atoms with Gasteiger partial charge >= 0.3 is 6.18 Å². The van der Waals surface area contributed by atoms with Crippen LogP contribution in [0.5, 0.6) is 0 Å². The molecule has 1 aliphatic rings. The number of rotatable bonds is 5. The molecule has 7 nitrogen and oxygen atoms in total. The molecule has 0 radical (unpaired) electrons. The van der Waals surface area contributed by atoms with Crippen LogP contribution in [0.2, 0.25) is 0 Å². The number of benzene rings is 1. The Morgan fingerprint density at radius 2 is 1.97 bits per heavy atom. The molecular formula is C22H25F3N6O. The summed E-state index contributed by atoms with van der Waals surface area (Å²) in [6.45, 7) is 5.79. The van der Waals surface area contributed by atoms with E-state index in [9.17, 15) is 18.0 Å². The first-order chi connectivity index (χ1) is 15.1. The Bertz CT molecular complexity index is 1120. The molecule has 10 heteroatoms. The van der Waals surface area contributed by atoms with Crippen LogP contribution in [0.15, 0.2) is 30.3 Å². The van der Waals surface area contributed by atoms with E-state index in [1.165, 1.54) is 12.1 Å². The molecule has 0 saturated carbocycles. The van der Waals surface area contributed by atoms with Crippen molar-refractivity contribution in [3.8, 4) is 11.3 Å². The van der Waals surface area contributed by atoms with E-state index in [1.54, 1.807) is 10.7 Å². The van der Waals surface area contributed by atoms with E-state index in [1.807, 2.05) is 20.9 Å². The number of carbonyl (C=O) groups excluding carboxylic acids is 1. The van der Waals surface area contributed by atoms with Crippen LogP contribution < -0.4 is 5.32 Å². The number of aryl methyl sites for hydroxylation is 2. The lowest BCUT2D eigenvalue weighted by Crippen LogP contribution is -2.37. The largest absolute Gasteiger partial charge is 0.416 e. The van der Waals surface area contributed by atoms with E-state index in [4.69, 9.17) is 0 Å². The smallest absolute Gasteiger partial charge is 0.347 e. The Balaban J connectivity index is 1.34. The molecule has 1 amide bonds. The van der Waals surface area contributed by atoms with Crippen molar-refractivity contribution in [1.82, 2.24) is 30.2 Å². The average Bonchev–Trinajstić information content (AvgIpc) is 3.42. The summed E-state index contributed by atoms with van der Waals surface area (Å²) in [6, 6.07) is 6.90. The van der Waals surface area contributed by atoms with Crippen LogP contribution in [0.25, 0.3) is 11.3 Å². The van der Waals surface area contributed by atoms with Gasteiger partial charge in [0, 0.05) is 44.0 Å². The molecule has 3 heterocycles. The van der Waals surface area contributed by atoms with Gasteiger partial charge in [0.2, 0.25) is 0 Å². The van der Waals surface area contributed by atoms with Crippen molar-refractivity contribution in [2.45, 2.75) is 39.0 Å². The number of aromatic amines is 1. The second-order valence-electron chi connectivity index (χ2n) is 8.23. The molecular weight excluding hydrogens is 421 g/mol. The van der Waals surface area contributed by atoms with E-state index in [2.05, 4.69) is 25.5 Å². The molecule has 2 N–H and O–H groups in total. The molecule has 3 aromatic rings. The van der Waals surface area contributed by atoms with E-state index in [-0.39, 0.29) is 11.9 Å². The average molecular weight is 446 g/mol. The highest BCUT2D eigenvalue weighted by Gasteiger charge is 2.30. The molecule has 1 aliphatic heterocycles. The summed E-state index contributed by atoms with van der Waals surface area (Å²) in [5.74, 6) is -0.232. The molecule has 1 unspecified atom stereocenters. The standard InChI is InChI=1S/C22H25F3N6O/c1-13-20(14(2)30(3)29-13)18-10-19(28-27-18)21(32)26-17-8-9-31(12-17)11-15-4-6-16(7-5-15)22(23,24)25/h4-7,10,17H,8-9,11-12H2,1-3H3,(H,26,32)(H,27,28). The third-order valence-corrected chi connectivity index (χ3v) is 5.88. The zero-order valence-electron chi connectivity index (χ0n) is 18.1. The molecule has 170 valence electrons. The van der Waals surface area contributed by atoms with E-state index < -0.39 is 11.7 Å². The number of nitrogens with zero attached hydrogens (tertiary/aromatic N) is 4. The molecule has 1 saturated heterocycles. The fourth-order valence-corrected chi connectivity index (χ4v) is 4.12. The minimum Gasteiger partial charge on any atom is -0.347 e. The van der Waals surface area contributed by atoms with Gasteiger partial charge in [-0.05, 0) is 44.0 Å². The van der Waals surface area contributed by atoms with Crippen LogP contribution in [0.1, 0.15) is 39.4 Å². The number of carbonyl (C=O) groups is 1. The molecule has 4 rings (SSSR count). The molecule has 1 aromatic carbocycles. The van der Waals surface area contributed by atoms with Crippen molar-refractivity contribution in [3.63, 3.8) is 0 Å². The normalized spacial score (nSPS) is 17.1. The second-order valence-corrected chi connectivity index (χ2v) is 8.23. The predicted octanol–water partition coefficient (Wildman–Crippen LogP) is 3.45. The molecule has 0 bridgehead atoms. The molecule has 2 aromatic heterocycles. The van der Waals surface area contributed by atoms with E-state index in [0.29, 0.717) is 24.5 Å². The Kier molecular flexibility index (Phi) is 5.81. The zero-order valence-corrected chi connectivity index (χ0v) is 18.1. The van der Waals surface area contributed by atoms with Gasteiger partial charge in [-0.15, -0.1) is 0 Å². The Morgan fingerprint density at radius 3 is 2.59 bits per heavy atom. The number of nitrogens with one attached hydrogen (secondary N) is 2. The second kappa shape index (κ2) is 8.42. The first-order valence-corrected chi connectivity index (χ1v) is 10.4. The number of alkyl halides is 3. The number of likely N-dealkylation sites (tertiary alicyclic amines) is 1. The molecule has 0 spiro atoms. The molecule has 1 atom stereocenters. The van der Waals surface area contributed by atoms with E-state index >= 15 is 0 Å². The monoisotopic (exact) mass is 446 g/mol. The summed E-state index contributed by atoms with van der Waals surface area (Å²) >= 11 is 0. The van der Waals surface area contributed by atoms with Crippen molar-refractivity contribution >= 4 is 5.91 Å². The van der Waals surface area contributed by atoms with Gasteiger partial charge in [-0.2, -0.15) is 23.4 Å². The van der Waals surface area contributed by atoms with Gasteiger partial charge < -0.3 is 5.32 Å². The summed E-state index contributed by atoms with van der Waals surface area (Å²) < 4.78 is 39.9. The summed E-state index contributed by atoms with van der Waals surface area (Å²) in [4.78, 5) is 14.8. The van der Waals surface area contributed by atoms with Crippen LogP contribution in [0.3, 0.4) is 0 Å². The van der Waals surface area contributed by atoms with Gasteiger partial charge in [0.15, 0.2) is 0 Å². The lowest BCUT2D eigenvalue weighted by atomic mass is 10.1. The number of hydrogen-bond acceptors (Lipinski definition) is 4. The lowest BCUT2D eigenvalue weighted by Gasteiger charge is -2.17. The van der Waals surface area contributed by atoms with Crippen molar-refractivity contribution in [2.75, 3.05) is 13.1 Å². The summed E-state index contributed by atoms with van der Waals surface area (Å²) in [5, 5.41) is 14.5. The van der Waals surface area contributed by atoms with Gasteiger partial charge in [-0.1, -0.05) is 12.1 Å².